The number of hydrazine groups is 1. The van der Waals surface area contributed by atoms with Crippen LogP contribution in [0.25, 0.3) is 0 Å². The third-order valence-corrected chi connectivity index (χ3v) is 4.67. The summed E-state index contributed by atoms with van der Waals surface area (Å²) in [7, 11) is 1.73. The van der Waals surface area contributed by atoms with Gasteiger partial charge in [-0.15, -0.1) is 0 Å². The standard InChI is InChI=1S/C15H22ClFN2O/c1-20-15(7-3-2-4-8-15)14(19-18)10-11-5-6-12(16)13(17)9-11/h5-6,9,14,19H,2-4,7-8,10,18H2,1H3. The first-order valence-corrected chi connectivity index (χ1v) is 7.44. The molecule has 0 saturated heterocycles. The van der Waals surface area contributed by atoms with E-state index in [2.05, 4.69) is 5.43 Å². The summed E-state index contributed by atoms with van der Waals surface area (Å²) >= 11 is 5.71. The van der Waals surface area contributed by atoms with Crippen molar-refractivity contribution in [2.45, 2.75) is 50.2 Å². The van der Waals surface area contributed by atoms with Crippen molar-refractivity contribution in [3.05, 3.63) is 34.6 Å². The van der Waals surface area contributed by atoms with Crippen molar-refractivity contribution < 1.29 is 9.13 Å². The summed E-state index contributed by atoms with van der Waals surface area (Å²) in [5.41, 5.74) is 3.48. The van der Waals surface area contributed by atoms with Crippen LogP contribution in [0.5, 0.6) is 0 Å². The van der Waals surface area contributed by atoms with Crippen LogP contribution in [0.4, 0.5) is 4.39 Å². The van der Waals surface area contributed by atoms with Gasteiger partial charge in [0.25, 0.3) is 0 Å². The molecule has 3 N–H and O–H groups in total. The predicted octanol–water partition coefficient (Wildman–Crippen LogP) is 3.20. The summed E-state index contributed by atoms with van der Waals surface area (Å²) in [6.45, 7) is 0. The first-order chi connectivity index (χ1) is 9.61. The van der Waals surface area contributed by atoms with Crippen LogP contribution < -0.4 is 11.3 Å². The maximum atomic E-state index is 13.5. The van der Waals surface area contributed by atoms with Crippen LogP contribution in [0, 0.1) is 5.82 Å². The van der Waals surface area contributed by atoms with E-state index in [4.69, 9.17) is 22.2 Å². The molecule has 2 rings (SSSR count). The Morgan fingerprint density at radius 2 is 2.10 bits per heavy atom. The smallest absolute Gasteiger partial charge is 0.142 e. The Balaban J connectivity index is 2.16. The van der Waals surface area contributed by atoms with E-state index in [0.717, 1.165) is 31.2 Å². The fraction of sp³-hybridized carbons (Fsp3) is 0.600. The van der Waals surface area contributed by atoms with E-state index in [-0.39, 0.29) is 16.7 Å². The molecule has 0 spiro atoms. The third-order valence-electron chi connectivity index (χ3n) is 4.37. The van der Waals surface area contributed by atoms with Crippen LogP contribution in [0.15, 0.2) is 18.2 Å². The molecule has 0 aliphatic heterocycles. The number of nitrogens with one attached hydrogen (secondary N) is 1. The molecule has 1 saturated carbocycles. The summed E-state index contributed by atoms with van der Waals surface area (Å²) in [5.74, 6) is 5.34. The van der Waals surface area contributed by atoms with Crippen LogP contribution in [0.3, 0.4) is 0 Å². The van der Waals surface area contributed by atoms with Gasteiger partial charge in [-0.25, -0.2) is 4.39 Å². The Morgan fingerprint density at radius 1 is 1.40 bits per heavy atom. The second kappa shape index (κ2) is 6.85. The number of methoxy groups -OCH3 is 1. The van der Waals surface area contributed by atoms with E-state index in [0.29, 0.717) is 6.42 Å². The van der Waals surface area contributed by atoms with Crippen LogP contribution in [-0.4, -0.2) is 18.8 Å². The van der Waals surface area contributed by atoms with Crippen LogP contribution in [-0.2, 0) is 11.2 Å². The van der Waals surface area contributed by atoms with Gasteiger partial charge in [-0.1, -0.05) is 36.9 Å². The normalized spacial score (nSPS) is 19.8. The van der Waals surface area contributed by atoms with Crippen LogP contribution >= 0.6 is 11.6 Å². The second-order valence-electron chi connectivity index (χ2n) is 5.50. The van der Waals surface area contributed by atoms with Gasteiger partial charge >= 0.3 is 0 Å². The SMILES string of the molecule is COC1(C(Cc2ccc(Cl)c(F)c2)NN)CCCCC1. The highest BCUT2D eigenvalue weighted by Gasteiger charge is 2.39. The van der Waals surface area contributed by atoms with Crippen molar-refractivity contribution in [3.63, 3.8) is 0 Å². The Kier molecular flexibility index (Phi) is 5.38. The lowest BCUT2D eigenvalue weighted by Gasteiger charge is -2.42. The van der Waals surface area contributed by atoms with Crippen LogP contribution in [0.2, 0.25) is 5.02 Å². The van der Waals surface area contributed by atoms with Crippen molar-refractivity contribution in [1.82, 2.24) is 5.43 Å². The van der Waals surface area contributed by atoms with Gasteiger partial charge in [-0.05, 0) is 37.0 Å². The highest BCUT2D eigenvalue weighted by Crippen LogP contribution is 2.35. The van der Waals surface area contributed by atoms with Gasteiger partial charge in [0.15, 0.2) is 0 Å². The predicted molar refractivity (Wildman–Crippen MR) is 79.1 cm³/mol. The lowest BCUT2D eigenvalue weighted by atomic mass is 9.77. The summed E-state index contributed by atoms with van der Waals surface area (Å²) in [6, 6.07) is 4.86. The summed E-state index contributed by atoms with van der Waals surface area (Å²) in [5, 5.41) is 0.144. The quantitative estimate of drug-likeness (QED) is 0.648. The Hall–Kier alpha value is -0.680. The first-order valence-electron chi connectivity index (χ1n) is 7.06. The van der Waals surface area contributed by atoms with Gasteiger partial charge < -0.3 is 4.74 Å². The monoisotopic (exact) mass is 300 g/mol. The summed E-state index contributed by atoms with van der Waals surface area (Å²) in [4.78, 5) is 0. The van der Waals surface area contributed by atoms with Crippen molar-refractivity contribution in [1.29, 1.82) is 0 Å². The molecule has 1 aliphatic carbocycles. The maximum absolute atomic E-state index is 13.5. The maximum Gasteiger partial charge on any atom is 0.142 e. The summed E-state index contributed by atoms with van der Waals surface area (Å²) < 4.78 is 19.3. The Labute approximate surface area is 124 Å². The van der Waals surface area contributed by atoms with E-state index in [9.17, 15) is 4.39 Å². The molecule has 1 aliphatic rings. The molecule has 1 aromatic rings. The van der Waals surface area contributed by atoms with Gasteiger partial charge in [0, 0.05) is 7.11 Å². The fourth-order valence-corrected chi connectivity index (χ4v) is 3.26. The first kappa shape index (κ1) is 15.7. The van der Waals surface area contributed by atoms with Crippen molar-refractivity contribution in [2.24, 2.45) is 5.84 Å². The van der Waals surface area contributed by atoms with E-state index >= 15 is 0 Å². The van der Waals surface area contributed by atoms with E-state index in [1.165, 1.54) is 12.5 Å². The highest BCUT2D eigenvalue weighted by molar-refractivity contribution is 6.30. The third kappa shape index (κ3) is 3.31. The lowest BCUT2D eigenvalue weighted by Crippen LogP contribution is -2.56. The molecule has 3 nitrogen and oxygen atoms in total. The molecular formula is C15H22ClFN2O. The molecule has 1 fully saturated rings. The molecule has 0 aromatic heterocycles. The summed E-state index contributed by atoms with van der Waals surface area (Å²) in [6.07, 6.45) is 6.10. The number of nitrogens with two attached hydrogens (primary N) is 1. The minimum absolute atomic E-state index is 0.0339. The van der Waals surface area contributed by atoms with E-state index < -0.39 is 5.82 Å². The minimum atomic E-state index is -0.393. The van der Waals surface area contributed by atoms with Gasteiger partial charge in [-0.2, -0.15) is 0 Å². The average molecular weight is 301 g/mol. The number of hydrogen-bond acceptors (Lipinski definition) is 3. The molecule has 20 heavy (non-hydrogen) atoms. The van der Waals surface area contributed by atoms with Gasteiger partial charge in [0.05, 0.1) is 16.7 Å². The van der Waals surface area contributed by atoms with Crippen molar-refractivity contribution >= 4 is 11.6 Å². The number of ether oxygens (including phenoxy) is 1. The van der Waals surface area contributed by atoms with Gasteiger partial charge in [0.1, 0.15) is 5.82 Å². The van der Waals surface area contributed by atoms with Crippen LogP contribution in [0.1, 0.15) is 37.7 Å². The lowest BCUT2D eigenvalue weighted by molar-refractivity contribution is -0.0674. The second-order valence-corrected chi connectivity index (χ2v) is 5.91. The highest BCUT2D eigenvalue weighted by atomic mass is 35.5. The molecule has 5 heteroatoms. The molecule has 1 atom stereocenters. The van der Waals surface area contributed by atoms with E-state index in [1.54, 1.807) is 13.2 Å². The molecule has 0 radical (unpaired) electrons. The zero-order valence-electron chi connectivity index (χ0n) is 11.8. The number of benzene rings is 1. The Morgan fingerprint density at radius 3 is 2.65 bits per heavy atom. The zero-order valence-corrected chi connectivity index (χ0v) is 12.5. The number of rotatable bonds is 5. The molecule has 0 amide bonds. The average Bonchev–Trinajstić information content (AvgIpc) is 2.49. The zero-order chi connectivity index (χ0) is 14.6. The molecule has 0 heterocycles. The molecular weight excluding hydrogens is 279 g/mol. The molecule has 1 unspecified atom stereocenters. The largest absolute Gasteiger partial charge is 0.377 e. The van der Waals surface area contributed by atoms with E-state index in [1.807, 2.05) is 6.07 Å². The van der Waals surface area contributed by atoms with Gasteiger partial charge in [0.2, 0.25) is 0 Å². The number of halogens is 2. The molecule has 0 bridgehead atoms. The fourth-order valence-electron chi connectivity index (χ4n) is 3.14. The van der Waals surface area contributed by atoms with Gasteiger partial charge in [-0.3, -0.25) is 11.3 Å². The minimum Gasteiger partial charge on any atom is -0.377 e. The number of hydrogen-bond donors (Lipinski definition) is 2. The topological polar surface area (TPSA) is 47.3 Å². The molecule has 1 aromatic carbocycles. The molecule has 112 valence electrons. The van der Waals surface area contributed by atoms with Crippen molar-refractivity contribution in [3.8, 4) is 0 Å². The Bertz CT molecular complexity index is 449. The van der Waals surface area contributed by atoms with Crippen molar-refractivity contribution in [2.75, 3.05) is 7.11 Å².